The van der Waals surface area contributed by atoms with Crippen LogP contribution in [0.3, 0.4) is 0 Å². The van der Waals surface area contributed by atoms with Crippen LogP contribution in [0.4, 0.5) is 13.2 Å². The van der Waals surface area contributed by atoms with Crippen LogP contribution in [-0.2, 0) is 11.2 Å². The van der Waals surface area contributed by atoms with E-state index in [9.17, 15) is 18.0 Å². The molecule has 0 aliphatic carbocycles. The van der Waals surface area contributed by atoms with Gasteiger partial charge >= 0.3 is 6.18 Å². The molecule has 128 valence electrons. The molecule has 1 aliphatic heterocycles. The molecule has 0 saturated carbocycles. The zero-order chi connectivity index (χ0) is 17.0. The van der Waals surface area contributed by atoms with E-state index in [2.05, 4.69) is 0 Å². The third-order valence-electron chi connectivity index (χ3n) is 4.12. The van der Waals surface area contributed by atoms with Gasteiger partial charge in [-0.15, -0.1) is 0 Å². The maximum absolute atomic E-state index is 13.1. The number of rotatable bonds is 4. The number of benzene rings is 1. The van der Waals surface area contributed by atoms with E-state index in [4.69, 9.17) is 10.5 Å². The number of aryl methyl sites for hydroxylation is 1. The first-order valence-electron chi connectivity index (χ1n) is 7.56. The number of amides is 1. The summed E-state index contributed by atoms with van der Waals surface area (Å²) in [5.74, 6) is 0.108. The molecule has 1 aromatic rings. The smallest absolute Gasteiger partial charge is 0.408 e. The normalized spacial score (nSPS) is 22.0. The summed E-state index contributed by atoms with van der Waals surface area (Å²) in [7, 11) is 1.52. The lowest BCUT2D eigenvalue weighted by atomic mass is 9.97. The number of hydrogen-bond acceptors (Lipinski definition) is 3. The number of nitrogens with zero attached hydrogens (tertiary/aromatic N) is 1. The largest absolute Gasteiger partial charge is 0.496 e. The molecular weight excluding hydrogens is 309 g/mol. The van der Waals surface area contributed by atoms with E-state index in [0.717, 1.165) is 10.5 Å². The van der Waals surface area contributed by atoms with Gasteiger partial charge in [-0.25, -0.2) is 0 Å². The van der Waals surface area contributed by atoms with Crippen molar-refractivity contribution in [3.05, 3.63) is 29.8 Å². The molecule has 2 N–H and O–H groups in total. The molecule has 0 aromatic heterocycles. The molecule has 0 bridgehead atoms. The Morgan fingerprint density at radius 2 is 2.04 bits per heavy atom. The van der Waals surface area contributed by atoms with Gasteiger partial charge in [0.25, 0.3) is 0 Å². The minimum atomic E-state index is -4.42. The molecule has 2 atom stereocenters. The van der Waals surface area contributed by atoms with Gasteiger partial charge in [0, 0.05) is 19.0 Å². The highest BCUT2D eigenvalue weighted by atomic mass is 19.4. The Kier molecular flexibility index (Phi) is 5.51. The predicted molar refractivity (Wildman–Crippen MR) is 80.1 cm³/mol. The fourth-order valence-corrected chi connectivity index (χ4v) is 2.91. The summed E-state index contributed by atoms with van der Waals surface area (Å²) in [6.07, 6.45) is -3.94. The van der Waals surface area contributed by atoms with E-state index < -0.39 is 24.2 Å². The van der Waals surface area contributed by atoms with Crippen LogP contribution in [0.1, 0.15) is 24.8 Å². The fraction of sp³-hybridized carbons (Fsp3) is 0.562. The Labute approximate surface area is 133 Å². The van der Waals surface area contributed by atoms with Crippen LogP contribution in [0, 0.1) is 0 Å². The standard InChI is InChI=1S/C16H21F3N2O2/c1-23-13-5-3-2-4-11(13)6-9-15(22)21-10-12(20)7-8-14(21)16(17,18)19/h2-5,12,14H,6-10,20H2,1H3/t12-,14-/m0/s1. The lowest BCUT2D eigenvalue weighted by Crippen LogP contribution is -2.56. The second-order valence-corrected chi connectivity index (χ2v) is 5.75. The molecule has 2 rings (SSSR count). The Hall–Kier alpha value is -1.76. The average Bonchev–Trinajstić information content (AvgIpc) is 2.51. The quantitative estimate of drug-likeness (QED) is 0.923. The molecule has 0 radical (unpaired) electrons. The molecule has 1 heterocycles. The van der Waals surface area contributed by atoms with E-state index >= 15 is 0 Å². The topological polar surface area (TPSA) is 55.6 Å². The predicted octanol–water partition coefficient (Wildman–Crippen LogP) is 2.51. The number of alkyl halides is 3. The Balaban J connectivity index is 2.05. The zero-order valence-electron chi connectivity index (χ0n) is 13.0. The van der Waals surface area contributed by atoms with Crippen molar-refractivity contribution in [2.24, 2.45) is 5.73 Å². The van der Waals surface area contributed by atoms with Crippen LogP contribution in [0.15, 0.2) is 24.3 Å². The van der Waals surface area contributed by atoms with Crippen molar-refractivity contribution in [2.45, 2.75) is 43.9 Å². The summed E-state index contributed by atoms with van der Waals surface area (Å²) in [5, 5.41) is 0. The van der Waals surface area contributed by atoms with Crippen molar-refractivity contribution in [1.82, 2.24) is 4.90 Å². The molecule has 0 spiro atoms. The van der Waals surface area contributed by atoms with Crippen molar-refractivity contribution in [2.75, 3.05) is 13.7 Å². The molecule has 1 aliphatic rings. The first kappa shape index (κ1) is 17.6. The molecule has 1 amide bonds. The fourth-order valence-electron chi connectivity index (χ4n) is 2.91. The highest BCUT2D eigenvalue weighted by Crippen LogP contribution is 2.32. The van der Waals surface area contributed by atoms with E-state index in [1.54, 1.807) is 24.3 Å². The first-order chi connectivity index (χ1) is 10.8. The van der Waals surface area contributed by atoms with E-state index in [1.807, 2.05) is 0 Å². The Morgan fingerprint density at radius 3 is 2.70 bits per heavy atom. The third kappa shape index (κ3) is 4.37. The van der Waals surface area contributed by atoms with Gasteiger partial charge in [0.2, 0.25) is 5.91 Å². The molecule has 7 heteroatoms. The van der Waals surface area contributed by atoms with Crippen LogP contribution in [0.5, 0.6) is 5.75 Å². The number of para-hydroxylation sites is 1. The van der Waals surface area contributed by atoms with Gasteiger partial charge in [-0.1, -0.05) is 18.2 Å². The number of halogens is 3. The molecule has 23 heavy (non-hydrogen) atoms. The summed E-state index contributed by atoms with van der Waals surface area (Å²) < 4.78 is 44.5. The van der Waals surface area contributed by atoms with Gasteiger partial charge in [-0.2, -0.15) is 13.2 Å². The van der Waals surface area contributed by atoms with E-state index in [0.29, 0.717) is 12.2 Å². The van der Waals surface area contributed by atoms with E-state index in [-0.39, 0.29) is 25.8 Å². The lowest BCUT2D eigenvalue weighted by molar-refractivity contribution is -0.196. The van der Waals surface area contributed by atoms with Gasteiger partial charge in [0.1, 0.15) is 11.8 Å². The zero-order valence-corrected chi connectivity index (χ0v) is 13.0. The number of carbonyl (C=O) groups is 1. The van der Waals surface area contributed by atoms with Crippen molar-refractivity contribution >= 4 is 5.91 Å². The van der Waals surface area contributed by atoms with Crippen molar-refractivity contribution < 1.29 is 22.7 Å². The highest BCUT2D eigenvalue weighted by Gasteiger charge is 2.47. The summed E-state index contributed by atoms with van der Waals surface area (Å²) in [6, 6.07) is 5.03. The maximum Gasteiger partial charge on any atom is 0.408 e. The van der Waals surface area contributed by atoms with Crippen molar-refractivity contribution in [1.29, 1.82) is 0 Å². The summed E-state index contributed by atoms with van der Waals surface area (Å²) in [5.41, 5.74) is 6.54. The second kappa shape index (κ2) is 7.21. The van der Waals surface area contributed by atoms with Gasteiger partial charge in [-0.05, 0) is 30.9 Å². The van der Waals surface area contributed by atoms with Gasteiger partial charge in [0.15, 0.2) is 0 Å². The minimum Gasteiger partial charge on any atom is -0.496 e. The first-order valence-corrected chi connectivity index (χ1v) is 7.56. The molecule has 1 fully saturated rings. The molecule has 0 unspecified atom stereocenters. The van der Waals surface area contributed by atoms with Crippen LogP contribution < -0.4 is 10.5 Å². The molecule has 1 saturated heterocycles. The SMILES string of the molecule is COc1ccccc1CCC(=O)N1C[C@@H](N)CC[C@H]1C(F)(F)F. The van der Waals surface area contributed by atoms with Crippen molar-refractivity contribution in [3.63, 3.8) is 0 Å². The summed E-state index contributed by atoms with van der Waals surface area (Å²) >= 11 is 0. The van der Waals surface area contributed by atoms with Crippen LogP contribution in [0.2, 0.25) is 0 Å². The third-order valence-corrected chi connectivity index (χ3v) is 4.12. The van der Waals surface area contributed by atoms with Crippen LogP contribution in [-0.4, -0.2) is 42.7 Å². The summed E-state index contributed by atoms with van der Waals surface area (Å²) in [4.78, 5) is 13.2. The van der Waals surface area contributed by atoms with Gasteiger partial charge in [0.05, 0.1) is 7.11 Å². The second-order valence-electron chi connectivity index (χ2n) is 5.75. The minimum absolute atomic E-state index is 0.000324. The number of methoxy groups -OCH3 is 1. The molecular formula is C16H21F3N2O2. The van der Waals surface area contributed by atoms with Crippen LogP contribution in [0.25, 0.3) is 0 Å². The number of piperidine rings is 1. The summed E-state index contributed by atoms with van der Waals surface area (Å²) in [6.45, 7) is -0.0467. The number of ether oxygens (including phenoxy) is 1. The number of nitrogens with two attached hydrogens (primary N) is 1. The number of hydrogen-bond donors (Lipinski definition) is 1. The Bertz CT molecular complexity index is 548. The lowest BCUT2D eigenvalue weighted by Gasteiger charge is -2.39. The maximum atomic E-state index is 13.1. The van der Waals surface area contributed by atoms with Gasteiger partial charge < -0.3 is 15.4 Å². The monoisotopic (exact) mass is 330 g/mol. The number of carbonyl (C=O) groups excluding carboxylic acids is 1. The molecule has 4 nitrogen and oxygen atoms in total. The number of likely N-dealkylation sites (tertiary alicyclic amines) is 1. The molecule has 1 aromatic carbocycles. The highest BCUT2D eigenvalue weighted by molar-refractivity contribution is 5.77. The van der Waals surface area contributed by atoms with Crippen molar-refractivity contribution in [3.8, 4) is 5.75 Å². The average molecular weight is 330 g/mol. The van der Waals surface area contributed by atoms with Crippen LogP contribution >= 0.6 is 0 Å². The van der Waals surface area contributed by atoms with Gasteiger partial charge in [-0.3, -0.25) is 4.79 Å². The Morgan fingerprint density at radius 1 is 1.35 bits per heavy atom. The van der Waals surface area contributed by atoms with E-state index in [1.165, 1.54) is 7.11 Å².